The first-order valence-electron chi connectivity index (χ1n) is 13.5. The minimum atomic E-state index is -1.03. The molecule has 0 atom stereocenters. The third-order valence-electron chi connectivity index (χ3n) is 7.66. The summed E-state index contributed by atoms with van der Waals surface area (Å²) in [4.78, 5) is 39.5. The lowest BCUT2D eigenvalue weighted by molar-refractivity contribution is 0.0691. The monoisotopic (exact) mass is 541 g/mol. The van der Waals surface area contributed by atoms with Crippen LogP contribution in [0.1, 0.15) is 29.2 Å². The highest BCUT2D eigenvalue weighted by Gasteiger charge is 2.28. The van der Waals surface area contributed by atoms with Crippen molar-refractivity contribution < 1.29 is 19.4 Å². The molecule has 2 amide bonds. The van der Waals surface area contributed by atoms with E-state index in [0.29, 0.717) is 43.4 Å². The van der Waals surface area contributed by atoms with Crippen LogP contribution in [0.4, 0.5) is 16.3 Å². The van der Waals surface area contributed by atoms with Crippen LogP contribution in [0.3, 0.4) is 0 Å². The Kier molecular flexibility index (Phi) is 7.04. The summed E-state index contributed by atoms with van der Waals surface area (Å²) < 4.78 is 7.56. The molecule has 11 nitrogen and oxygen atoms in total. The Hall–Kier alpha value is -4.51. The number of benzene rings is 2. The number of hydrogen-bond acceptors (Lipinski definition) is 7. The SMILES string of the molecule is CN(C(=O)O)c1ccc(-c2nc(N3CCOCC3)c3cnn(C4CCN(C(=O)c5ccccc5)CC4)c3n2)cc1. The largest absolute Gasteiger partial charge is 0.465 e. The van der Waals surface area contributed by atoms with Crippen LogP contribution in [0.15, 0.2) is 60.8 Å². The highest BCUT2D eigenvalue weighted by molar-refractivity contribution is 5.94. The smallest absolute Gasteiger partial charge is 0.411 e. The Morgan fingerprint density at radius 2 is 1.65 bits per heavy atom. The van der Waals surface area contributed by atoms with Gasteiger partial charge in [-0.15, -0.1) is 0 Å². The fourth-order valence-corrected chi connectivity index (χ4v) is 5.34. The molecular weight excluding hydrogens is 510 g/mol. The van der Waals surface area contributed by atoms with Gasteiger partial charge in [0.1, 0.15) is 5.82 Å². The molecule has 4 heterocycles. The molecule has 2 saturated heterocycles. The third-order valence-corrected chi connectivity index (χ3v) is 7.66. The number of amides is 2. The van der Waals surface area contributed by atoms with E-state index in [1.807, 2.05) is 58.2 Å². The van der Waals surface area contributed by atoms with Crippen molar-refractivity contribution in [2.45, 2.75) is 18.9 Å². The number of fused-ring (bicyclic) bond motifs is 1. The molecule has 6 rings (SSSR count). The molecular formula is C29H31N7O4. The lowest BCUT2D eigenvalue weighted by Gasteiger charge is -2.32. The van der Waals surface area contributed by atoms with Crippen molar-refractivity contribution >= 4 is 34.5 Å². The fraction of sp³-hybridized carbons (Fsp3) is 0.345. The highest BCUT2D eigenvalue weighted by Crippen LogP contribution is 2.32. The van der Waals surface area contributed by atoms with E-state index in [4.69, 9.17) is 19.8 Å². The Balaban J connectivity index is 1.31. The summed E-state index contributed by atoms with van der Waals surface area (Å²) in [5.41, 5.74) is 2.81. The number of piperidine rings is 1. The number of carbonyl (C=O) groups excluding carboxylic acids is 1. The number of anilines is 2. The summed E-state index contributed by atoms with van der Waals surface area (Å²) >= 11 is 0. The summed E-state index contributed by atoms with van der Waals surface area (Å²) in [7, 11) is 1.51. The zero-order chi connectivity index (χ0) is 27.6. The van der Waals surface area contributed by atoms with Crippen LogP contribution in [0.2, 0.25) is 0 Å². The van der Waals surface area contributed by atoms with Gasteiger partial charge in [0.15, 0.2) is 11.5 Å². The van der Waals surface area contributed by atoms with Gasteiger partial charge in [-0.25, -0.2) is 19.4 Å². The molecule has 2 aliphatic rings. The Morgan fingerprint density at radius 1 is 0.950 bits per heavy atom. The maximum atomic E-state index is 13.0. The summed E-state index contributed by atoms with van der Waals surface area (Å²) in [6, 6.07) is 16.7. The van der Waals surface area contributed by atoms with Crippen molar-refractivity contribution in [2.75, 3.05) is 56.2 Å². The molecule has 11 heteroatoms. The van der Waals surface area contributed by atoms with E-state index >= 15 is 0 Å². The molecule has 0 unspecified atom stereocenters. The van der Waals surface area contributed by atoms with Crippen LogP contribution < -0.4 is 9.80 Å². The van der Waals surface area contributed by atoms with Gasteiger partial charge < -0.3 is 19.6 Å². The van der Waals surface area contributed by atoms with E-state index in [2.05, 4.69) is 4.90 Å². The van der Waals surface area contributed by atoms with Crippen molar-refractivity contribution in [3.05, 3.63) is 66.4 Å². The molecule has 0 saturated carbocycles. The van der Waals surface area contributed by atoms with Crippen LogP contribution in [0.25, 0.3) is 22.4 Å². The first kappa shape index (κ1) is 25.8. The van der Waals surface area contributed by atoms with Crippen LogP contribution >= 0.6 is 0 Å². The van der Waals surface area contributed by atoms with Crippen molar-refractivity contribution in [3.63, 3.8) is 0 Å². The molecule has 40 heavy (non-hydrogen) atoms. The predicted octanol–water partition coefficient (Wildman–Crippen LogP) is 3.92. The standard InChI is InChI=1S/C29H31N7O4/c1-33(29(38)39)22-9-7-20(8-10-22)25-31-26(34-15-17-40-18-16-34)24-19-30-36(27(24)32-25)23-11-13-35(14-12-23)28(37)21-5-3-2-4-6-21/h2-10,19,23H,11-18H2,1H3,(H,38,39). The fourth-order valence-electron chi connectivity index (χ4n) is 5.34. The molecule has 2 fully saturated rings. The molecule has 2 aromatic heterocycles. The number of ether oxygens (including phenoxy) is 1. The number of aromatic nitrogens is 4. The average molecular weight is 542 g/mol. The summed E-state index contributed by atoms with van der Waals surface area (Å²) in [5.74, 6) is 1.43. The number of nitrogens with zero attached hydrogens (tertiary/aromatic N) is 7. The van der Waals surface area contributed by atoms with Gasteiger partial charge in [0, 0.05) is 50.0 Å². The maximum absolute atomic E-state index is 13.0. The van der Waals surface area contributed by atoms with E-state index in [9.17, 15) is 14.7 Å². The molecule has 1 N–H and O–H groups in total. The molecule has 4 aromatic rings. The van der Waals surface area contributed by atoms with Crippen LogP contribution in [0, 0.1) is 0 Å². The predicted molar refractivity (Wildman–Crippen MR) is 151 cm³/mol. The number of likely N-dealkylation sites (tertiary alicyclic amines) is 1. The van der Waals surface area contributed by atoms with Gasteiger partial charge in [-0.05, 0) is 49.2 Å². The molecule has 0 spiro atoms. The molecule has 0 aliphatic carbocycles. The molecule has 2 aliphatic heterocycles. The van der Waals surface area contributed by atoms with Crippen molar-refractivity contribution in [2.24, 2.45) is 0 Å². The zero-order valence-corrected chi connectivity index (χ0v) is 22.3. The number of carbonyl (C=O) groups is 2. The summed E-state index contributed by atoms with van der Waals surface area (Å²) in [6.45, 7) is 3.98. The first-order chi connectivity index (χ1) is 19.5. The number of rotatable bonds is 5. The van der Waals surface area contributed by atoms with Crippen molar-refractivity contribution in [1.82, 2.24) is 24.6 Å². The molecule has 206 valence electrons. The van der Waals surface area contributed by atoms with E-state index in [0.717, 1.165) is 53.2 Å². The minimum absolute atomic E-state index is 0.0561. The van der Waals surface area contributed by atoms with Gasteiger partial charge >= 0.3 is 6.09 Å². The third kappa shape index (κ3) is 4.95. The van der Waals surface area contributed by atoms with Gasteiger partial charge in [-0.1, -0.05) is 18.2 Å². The second-order valence-electron chi connectivity index (χ2n) is 10.1. The average Bonchev–Trinajstić information content (AvgIpc) is 3.45. The minimum Gasteiger partial charge on any atom is -0.465 e. The van der Waals surface area contributed by atoms with Crippen LogP contribution in [-0.2, 0) is 4.74 Å². The molecule has 0 radical (unpaired) electrons. The Labute approximate surface area is 231 Å². The number of hydrogen-bond donors (Lipinski definition) is 1. The van der Waals surface area contributed by atoms with Gasteiger partial charge in [0.25, 0.3) is 5.91 Å². The Morgan fingerprint density at radius 3 is 2.33 bits per heavy atom. The molecule has 0 bridgehead atoms. The summed E-state index contributed by atoms with van der Waals surface area (Å²) in [5, 5.41) is 15.0. The molecule has 2 aromatic carbocycles. The lowest BCUT2D eigenvalue weighted by Crippen LogP contribution is -2.39. The van der Waals surface area contributed by atoms with Crippen molar-refractivity contribution in [3.8, 4) is 11.4 Å². The number of carboxylic acid groups (broad SMARTS) is 1. The van der Waals surface area contributed by atoms with E-state index in [1.54, 1.807) is 12.1 Å². The quantitative estimate of drug-likeness (QED) is 0.404. The second-order valence-corrected chi connectivity index (χ2v) is 10.1. The maximum Gasteiger partial charge on any atom is 0.411 e. The first-order valence-corrected chi connectivity index (χ1v) is 13.5. The summed E-state index contributed by atoms with van der Waals surface area (Å²) in [6.07, 6.45) is 2.37. The second kappa shape index (κ2) is 10.9. The van der Waals surface area contributed by atoms with Gasteiger partial charge in [0.2, 0.25) is 0 Å². The Bertz CT molecular complexity index is 1510. The highest BCUT2D eigenvalue weighted by atomic mass is 16.5. The number of morpholine rings is 1. The zero-order valence-electron chi connectivity index (χ0n) is 22.3. The topological polar surface area (TPSA) is 117 Å². The van der Waals surface area contributed by atoms with Gasteiger partial charge in [-0.2, -0.15) is 5.10 Å². The normalized spacial score (nSPS) is 16.3. The van der Waals surface area contributed by atoms with Gasteiger partial charge in [-0.3, -0.25) is 9.69 Å². The van der Waals surface area contributed by atoms with Crippen molar-refractivity contribution in [1.29, 1.82) is 0 Å². The van der Waals surface area contributed by atoms with E-state index < -0.39 is 6.09 Å². The van der Waals surface area contributed by atoms with Crippen LogP contribution in [-0.4, -0.2) is 88.2 Å². The van der Waals surface area contributed by atoms with Crippen LogP contribution in [0.5, 0.6) is 0 Å². The van der Waals surface area contributed by atoms with E-state index in [-0.39, 0.29) is 11.9 Å². The lowest BCUT2D eigenvalue weighted by atomic mass is 10.0. The van der Waals surface area contributed by atoms with Gasteiger partial charge in [0.05, 0.1) is 30.8 Å². The van der Waals surface area contributed by atoms with E-state index in [1.165, 1.54) is 7.05 Å².